The summed E-state index contributed by atoms with van der Waals surface area (Å²) in [7, 11) is -3.83. The number of carbonyl (C=O) groups excluding carboxylic acids is 2. The minimum atomic E-state index is -3.83. The Balaban J connectivity index is 2.51. The molecule has 0 fully saturated rings. The fourth-order valence-electron chi connectivity index (χ4n) is 3.68. The van der Waals surface area contributed by atoms with Gasteiger partial charge in [0, 0.05) is 22.1 Å². The number of rotatable bonds is 9. The van der Waals surface area contributed by atoms with E-state index < -0.39 is 34.1 Å². The van der Waals surface area contributed by atoms with E-state index in [2.05, 4.69) is 5.32 Å². The number of aryl methyl sites for hydroxylation is 1. The molecule has 192 valence electrons. The number of carbonyl (C=O) groups is 2. The van der Waals surface area contributed by atoms with E-state index in [-0.39, 0.29) is 12.5 Å². The third-order valence-corrected chi connectivity index (χ3v) is 7.02. The highest BCUT2D eigenvalue weighted by molar-refractivity contribution is 7.92. The monoisotopic (exact) mass is 541 g/mol. The second kappa shape index (κ2) is 11.6. The van der Waals surface area contributed by atoms with Crippen LogP contribution in [0.3, 0.4) is 0 Å². The van der Waals surface area contributed by atoms with Crippen LogP contribution in [0.5, 0.6) is 0 Å². The van der Waals surface area contributed by atoms with Crippen LogP contribution in [0, 0.1) is 6.92 Å². The predicted molar refractivity (Wildman–Crippen MR) is 142 cm³/mol. The summed E-state index contributed by atoms with van der Waals surface area (Å²) in [6.07, 6.45) is 1.37. The van der Waals surface area contributed by atoms with Gasteiger partial charge in [-0.15, -0.1) is 0 Å². The van der Waals surface area contributed by atoms with Gasteiger partial charge in [0.15, 0.2) is 0 Å². The maximum Gasteiger partial charge on any atom is 0.244 e. The molecule has 10 heteroatoms. The van der Waals surface area contributed by atoms with Gasteiger partial charge in [-0.25, -0.2) is 8.42 Å². The Bertz CT molecular complexity index is 1180. The second-order valence-electron chi connectivity index (χ2n) is 9.48. The number of amides is 2. The summed E-state index contributed by atoms with van der Waals surface area (Å²) < 4.78 is 26.5. The van der Waals surface area contributed by atoms with Crippen molar-refractivity contribution in [2.24, 2.45) is 0 Å². The highest BCUT2D eigenvalue weighted by Gasteiger charge is 2.33. The van der Waals surface area contributed by atoms with Crippen LogP contribution in [0.25, 0.3) is 0 Å². The first kappa shape index (κ1) is 28.9. The zero-order chi connectivity index (χ0) is 26.6. The largest absolute Gasteiger partial charge is 0.350 e. The third kappa shape index (κ3) is 8.12. The zero-order valence-corrected chi connectivity index (χ0v) is 23.3. The van der Waals surface area contributed by atoms with Gasteiger partial charge in [-0.2, -0.15) is 0 Å². The van der Waals surface area contributed by atoms with Crippen LogP contribution in [0.1, 0.15) is 45.2 Å². The van der Waals surface area contributed by atoms with Crippen molar-refractivity contribution in [3.63, 3.8) is 0 Å². The molecule has 1 atom stereocenters. The number of nitrogens with one attached hydrogen (secondary N) is 1. The standard InChI is InChI=1S/C25H33Cl2N3O4S/c1-7-21(24(32)28-25(3,4)5)29(15-18-10-8-9-11-20(18)27)23(31)16-30(35(6,33)34)22-13-12-19(26)14-17(22)2/h8-14,21H,7,15-16H2,1-6H3,(H,28,32). The van der Waals surface area contributed by atoms with Crippen LogP contribution in [0.4, 0.5) is 5.69 Å². The van der Waals surface area contributed by atoms with Crippen LogP contribution in [0.2, 0.25) is 10.0 Å². The predicted octanol–water partition coefficient (Wildman–Crippen LogP) is 4.79. The first-order valence-corrected chi connectivity index (χ1v) is 13.8. The van der Waals surface area contributed by atoms with E-state index in [1.165, 1.54) is 4.90 Å². The quantitative estimate of drug-likeness (QED) is 0.494. The first-order chi connectivity index (χ1) is 16.1. The molecule has 2 aromatic rings. The molecule has 2 amide bonds. The van der Waals surface area contributed by atoms with Gasteiger partial charge < -0.3 is 10.2 Å². The van der Waals surface area contributed by atoms with Crippen molar-refractivity contribution >= 4 is 50.7 Å². The molecule has 0 aromatic heterocycles. The number of anilines is 1. The molecule has 0 spiro atoms. The number of benzene rings is 2. The van der Waals surface area contributed by atoms with E-state index in [1.54, 1.807) is 56.3 Å². The van der Waals surface area contributed by atoms with E-state index in [1.807, 2.05) is 20.8 Å². The van der Waals surface area contributed by atoms with E-state index in [9.17, 15) is 18.0 Å². The molecule has 0 heterocycles. The van der Waals surface area contributed by atoms with Gasteiger partial charge in [-0.1, -0.05) is 48.3 Å². The molecule has 0 aliphatic rings. The molecular formula is C25H33Cl2N3O4S. The minimum Gasteiger partial charge on any atom is -0.350 e. The number of sulfonamides is 1. The van der Waals surface area contributed by atoms with Gasteiger partial charge in [0.25, 0.3) is 0 Å². The number of hydrogen-bond acceptors (Lipinski definition) is 4. The van der Waals surface area contributed by atoms with Gasteiger partial charge in [-0.3, -0.25) is 13.9 Å². The SMILES string of the molecule is CCC(C(=O)NC(C)(C)C)N(Cc1ccccc1Cl)C(=O)CN(c1ccc(Cl)cc1C)S(C)(=O)=O. The maximum absolute atomic E-state index is 13.7. The van der Waals surface area contributed by atoms with Crippen molar-refractivity contribution in [3.05, 3.63) is 63.6 Å². The molecule has 0 saturated carbocycles. The molecule has 0 radical (unpaired) electrons. The first-order valence-electron chi connectivity index (χ1n) is 11.2. The Morgan fingerprint density at radius 2 is 1.71 bits per heavy atom. The molecule has 0 bridgehead atoms. The maximum atomic E-state index is 13.7. The van der Waals surface area contributed by atoms with E-state index >= 15 is 0 Å². The molecule has 7 nitrogen and oxygen atoms in total. The molecule has 35 heavy (non-hydrogen) atoms. The Labute approximate surface area is 218 Å². The normalized spacial score (nSPS) is 12.7. The van der Waals surface area contributed by atoms with Gasteiger partial charge in [0.1, 0.15) is 12.6 Å². The summed E-state index contributed by atoms with van der Waals surface area (Å²) in [5.74, 6) is -0.852. The van der Waals surface area contributed by atoms with E-state index in [0.717, 1.165) is 10.6 Å². The van der Waals surface area contributed by atoms with Crippen molar-refractivity contribution in [1.82, 2.24) is 10.2 Å². The highest BCUT2D eigenvalue weighted by atomic mass is 35.5. The van der Waals surface area contributed by atoms with Crippen molar-refractivity contribution in [1.29, 1.82) is 0 Å². The van der Waals surface area contributed by atoms with Crippen LogP contribution < -0.4 is 9.62 Å². The lowest BCUT2D eigenvalue weighted by Crippen LogP contribution is -2.55. The van der Waals surface area contributed by atoms with Crippen LogP contribution in [-0.4, -0.2) is 49.5 Å². The lowest BCUT2D eigenvalue weighted by atomic mass is 10.1. The van der Waals surface area contributed by atoms with Crippen molar-refractivity contribution < 1.29 is 18.0 Å². The Morgan fingerprint density at radius 3 is 2.23 bits per heavy atom. The molecule has 0 saturated heterocycles. The summed E-state index contributed by atoms with van der Waals surface area (Å²) in [6, 6.07) is 11.0. The van der Waals surface area contributed by atoms with Crippen LogP contribution >= 0.6 is 23.2 Å². The van der Waals surface area contributed by atoms with Crippen molar-refractivity contribution in [2.75, 3.05) is 17.1 Å². The van der Waals surface area contributed by atoms with E-state index in [4.69, 9.17) is 23.2 Å². The Kier molecular flexibility index (Phi) is 9.62. The van der Waals surface area contributed by atoms with Gasteiger partial charge in [0.05, 0.1) is 11.9 Å². The Morgan fingerprint density at radius 1 is 1.09 bits per heavy atom. The minimum absolute atomic E-state index is 0.0474. The topological polar surface area (TPSA) is 86.8 Å². The van der Waals surface area contributed by atoms with Crippen molar-refractivity contribution in [3.8, 4) is 0 Å². The fraction of sp³-hybridized carbons (Fsp3) is 0.440. The number of nitrogens with zero attached hydrogens (tertiary/aromatic N) is 2. The molecule has 1 N–H and O–H groups in total. The smallest absolute Gasteiger partial charge is 0.244 e. The average Bonchev–Trinajstić information content (AvgIpc) is 2.71. The second-order valence-corrected chi connectivity index (χ2v) is 12.2. The average molecular weight is 543 g/mol. The van der Waals surface area contributed by atoms with Crippen LogP contribution in [-0.2, 0) is 26.2 Å². The van der Waals surface area contributed by atoms with Crippen LogP contribution in [0.15, 0.2) is 42.5 Å². The van der Waals surface area contributed by atoms with Gasteiger partial charge >= 0.3 is 0 Å². The lowest BCUT2D eigenvalue weighted by molar-refractivity contribution is -0.141. The third-order valence-electron chi connectivity index (χ3n) is 5.29. The molecular weight excluding hydrogens is 509 g/mol. The zero-order valence-electron chi connectivity index (χ0n) is 20.9. The summed E-state index contributed by atoms with van der Waals surface area (Å²) in [6.45, 7) is 8.65. The number of halogens is 2. The van der Waals surface area contributed by atoms with Crippen molar-refractivity contribution in [2.45, 2.75) is 59.2 Å². The summed E-state index contributed by atoms with van der Waals surface area (Å²) >= 11 is 12.4. The highest BCUT2D eigenvalue weighted by Crippen LogP contribution is 2.27. The number of hydrogen-bond donors (Lipinski definition) is 1. The van der Waals surface area contributed by atoms with E-state index in [0.29, 0.717) is 33.3 Å². The summed E-state index contributed by atoms with van der Waals surface area (Å²) in [5.41, 5.74) is 1.09. The summed E-state index contributed by atoms with van der Waals surface area (Å²) in [4.78, 5) is 28.3. The molecule has 2 aromatic carbocycles. The van der Waals surface area contributed by atoms with Gasteiger partial charge in [0.2, 0.25) is 21.8 Å². The summed E-state index contributed by atoms with van der Waals surface area (Å²) in [5, 5.41) is 3.83. The lowest BCUT2D eigenvalue weighted by Gasteiger charge is -2.35. The molecule has 1 unspecified atom stereocenters. The Hall–Kier alpha value is -2.29. The molecule has 0 aliphatic carbocycles. The molecule has 0 aliphatic heterocycles. The molecule has 2 rings (SSSR count). The fourth-order valence-corrected chi connectivity index (χ4v) is 5.01. The van der Waals surface area contributed by atoms with Gasteiger partial charge in [-0.05, 0) is 69.5 Å².